The fourth-order valence-electron chi connectivity index (χ4n) is 1.69. The van der Waals surface area contributed by atoms with Crippen molar-refractivity contribution in [3.05, 3.63) is 25.1 Å². The SMILES string of the molecule is C=CCN1C=CN(CCCCCC)C1.I. The lowest BCUT2D eigenvalue weighted by atomic mass is 10.2. The van der Waals surface area contributed by atoms with Crippen LogP contribution in [0.3, 0.4) is 0 Å². The molecule has 3 heteroatoms. The van der Waals surface area contributed by atoms with E-state index in [0.717, 1.165) is 13.2 Å². The van der Waals surface area contributed by atoms with Crippen LogP contribution in [0.15, 0.2) is 25.1 Å². The second-order valence-electron chi connectivity index (χ2n) is 3.87. The minimum absolute atomic E-state index is 0. The van der Waals surface area contributed by atoms with Crippen LogP contribution in [0.25, 0.3) is 0 Å². The van der Waals surface area contributed by atoms with E-state index >= 15 is 0 Å². The highest BCUT2D eigenvalue weighted by Crippen LogP contribution is 2.08. The van der Waals surface area contributed by atoms with E-state index in [0.29, 0.717) is 0 Å². The molecule has 0 radical (unpaired) electrons. The summed E-state index contributed by atoms with van der Waals surface area (Å²) in [5, 5.41) is 0. The zero-order valence-corrected chi connectivity index (χ0v) is 12.0. The van der Waals surface area contributed by atoms with E-state index in [-0.39, 0.29) is 24.0 Å². The van der Waals surface area contributed by atoms with E-state index in [1.807, 2.05) is 6.08 Å². The van der Waals surface area contributed by atoms with E-state index in [4.69, 9.17) is 0 Å². The van der Waals surface area contributed by atoms with Gasteiger partial charge < -0.3 is 9.80 Å². The maximum Gasteiger partial charge on any atom is 0.0896 e. The Balaban J connectivity index is 0.00000196. The van der Waals surface area contributed by atoms with Gasteiger partial charge in [0.1, 0.15) is 0 Å². The largest absolute Gasteiger partial charge is 0.359 e. The van der Waals surface area contributed by atoms with Gasteiger partial charge in [0.25, 0.3) is 0 Å². The molecule has 15 heavy (non-hydrogen) atoms. The highest BCUT2D eigenvalue weighted by Gasteiger charge is 2.09. The predicted molar refractivity (Wildman–Crippen MR) is 77.2 cm³/mol. The number of hydrogen-bond acceptors (Lipinski definition) is 2. The summed E-state index contributed by atoms with van der Waals surface area (Å²) in [5.74, 6) is 0. The van der Waals surface area contributed by atoms with Crippen LogP contribution in [-0.4, -0.2) is 29.6 Å². The van der Waals surface area contributed by atoms with Gasteiger partial charge in [-0.25, -0.2) is 0 Å². The Morgan fingerprint density at radius 1 is 1.20 bits per heavy atom. The quantitative estimate of drug-likeness (QED) is 0.403. The first kappa shape index (κ1) is 14.8. The molecule has 0 atom stereocenters. The summed E-state index contributed by atoms with van der Waals surface area (Å²) in [6, 6.07) is 0. The van der Waals surface area contributed by atoms with Gasteiger partial charge in [-0.2, -0.15) is 0 Å². The second kappa shape index (κ2) is 9.07. The Bertz CT molecular complexity index is 192. The third kappa shape index (κ3) is 6.07. The normalized spacial score (nSPS) is 14.2. The molecule has 88 valence electrons. The first-order valence-electron chi connectivity index (χ1n) is 5.64. The molecule has 0 unspecified atom stereocenters. The average Bonchev–Trinajstić information content (AvgIpc) is 2.61. The van der Waals surface area contributed by atoms with Crippen LogP contribution in [0, 0.1) is 0 Å². The van der Waals surface area contributed by atoms with Gasteiger partial charge in [0, 0.05) is 25.5 Å². The molecule has 0 amide bonds. The van der Waals surface area contributed by atoms with Gasteiger partial charge in [-0.15, -0.1) is 30.6 Å². The smallest absolute Gasteiger partial charge is 0.0896 e. The maximum absolute atomic E-state index is 3.74. The highest BCUT2D eigenvalue weighted by atomic mass is 127. The van der Waals surface area contributed by atoms with Gasteiger partial charge >= 0.3 is 0 Å². The number of halogens is 1. The first-order chi connectivity index (χ1) is 6.86. The average molecular weight is 322 g/mol. The summed E-state index contributed by atoms with van der Waals surface area (Å²) < 4.78 is 0. The van der Waals surface area contributed by atoms with Gasteiger partial charge in [0.2, 0.25) is 0 Å². The Hall–Kier alpha value is -0.190. The molecule has 0 N–H and O–H groups in total. The zero-order chi connectivity index (χ0) is 10.2. The molecule has 1 aliphatic heterocycles. The topological polar surface area (TPSA) is 6.48 Å². The fourth-order valence-corrected chi connectivity index (χ4v) is 1.69. The van der Waals surface area contributed by atoms with Crippen LogP contribution in [0.1, 0.15) is 32.6 Å². The van der Waals surface area contributed by atoms with Crippen molar-refractivity contribution >= 4 is 24.0 Å². The van der Waals surface area contributed by atoms with E-state index in [2.05, 4.69) is 35.7 Å². The van der Waals surface area contributed by atoms with Crippen molar-refractivity contribution in [1.29, 1.82) is 0 Å². The van der Waals surface area contributed by atoms with Crippen LogP contribution >= 0.6 is 24.0 Å². The fraction of sp³-hybridized carbons (Fsp3) is 0.667. The minimum Gasteiger partial charge on any atom is -0.359 e. The van der Waals surface area contributed by atoms with Crippen LogP contribution in [0.5, 0.6) is 0 Å². The van der Waals surface area contributed by atoms with Gasteiger partial charge in [0.15, 0.2) is 0 Å². The van der Waals surface area contributed by atoms with Crippen LogP contribution in [0.2, 0.25) is 0 Å². The van der Waals surface area contributed by atoms with Crippen LogP contribution in [-0.2, 0) is 0 Å². The summed E-state index contributed by atoms with van der Waals surface area (Å²) in [7, 11) is 0. The molecular weight excluding hydrogens is 299 g/mol. The summed E-state index contributed by atoms with van der Waals surface area (Å²) in [4.78, 5) is 4.64. The molecule has 0 aromatic carbocycles. The molecule has 0 aliphatic carbocycles. The molecule has 1 rings (SSSR count). The molecular formula is C12H23IN2. The van der Waals surface area contributed by atoms with E-state index < -0.39 is 0 Å². The van der Waals surface area contributed by atoms with Crippen molar-refractivity contribution in [2.45, 2.75) is 32.6 Å². The summed E-state index contributed by atoms with van der Waals surface area (Å²) in [6.07, 6.45) is 11.7. The molecule has 2 nitrogen and oxygen atoms in total. The highest BCUT2D eigenvalue weighted by molar-refractivity contribution is 14.0. The number of hydrogen-bond donors (Lipinski definition) is 0. The molecule has 0 fully saturated rings. The van der Waals surface area contributed by atoms with Gasteiger partial charge in [-0.1, -0.05) is 32.3 Å². The standard InChI is InChI=1S/C12H22N2.HI/c1-3-5-6-7-9-14-11-10-13(12-14)8-4-2;/h4,10-11H,2-3,5-9,12H2,1H3;1H. The lowest BCUT2D eigenvalue weighted by Crippen LogP contribution is -2.26. The third-order valence-corrected chi connectivity index (χ3v) is 2.51. The molecule has 0 saturated heterocycles. The maximum atomic E-state index is 3.74. The molecule has 0 bridgehead atoms. The van der Waals surface area contributed by atoms with Gasteiger partial charge in [0.05, 0.1) is 6.67 Å². The molecule has 1 heterocycles. The molecule has 1 aliphatic rings. The van der Waals surface area contributed by atoms with Crippen molar-refractivity contribution in [3.8, 4) is 0 Å². The minimum atomic E-state index is 0. The molecule has 0 aromatic rings. The van der Waals surface area contributed by atoms with Crippen molar-refractivity contribution in [3.63, 3.8) is 0 Å². The Labute approximate surface area is 111 Å². The Kier molecular flexibility index (Phi) is 8.95. The number of unbranched alkanes of at least 4 members (excludes halogenated alkanes) is 3. The van der Waals surface area contributed by atoms with Crippen LogP contribution in [0.4, 0.5) is 0 Å². The lowest BCUT2D eigenvalue weighted by molar-refractivity contribution is 0.276. The summed E-state index contributed by atoms with van der Waals surface area (Å²) >= 11 is 0. The van der Waals surface area contributed by atoms with Crippen molar-refractivity contribution in [2.24, 2.45) is 0 Å². The van der Waals surface area contributed by atoms with Crippen molar-refractivity contribution in [1.82, 2.24) is 9.80 Å². The van der Waals surface area contributed by atoms with Crippen molar-refractivity contribution < 1.29 is 0 Å². The molecule has 0 aromatic heterocycles. The monoisotopic (exact) mass is 322 g/mol. The first-order valence-corrected chi connectivity index (χ1v) is 5.64. The van der Waals surface area contributed by atoms with E-state index in [1.54, 1.807) is 0 Å². The number of rotatable bonds is 7. The molecule has 0 spiro atoms. The Morgan fingerprint density at radius 3 is 2.60 bits per heavy atom. The van der Waals surface area contributed by atoms with Gasteiger partial charge in [-0.3, -0.25) is 0 Å². The van der Waals surface area contributed by atoms with Gasteiger partial charge in [-0.05, 0) is 6.42 Å². The Morgan fingerprint density at radius 2 is 1.93 bits per heavy atom. The van der Waals surface area contributed by atoms with E-state index in [9.17, 15) is 0 Å². The molecule has 0 saturated carbocycles. The second-order valence-corrected chi connectivity index (χ2v) is 3.87. The van der Waals surface area contributed by atoms with Crippen LogP contribution < -0.4 is 0 Å². The summed E-state index contributed by atoms with van der Waals surface area (Å²) in [6.45, 7) is 9.19. The third-order valence-electron chi connectivity index (χ3n) is 2.51. The lowest BCUT2D eigenvalue weighted by Gasteiger charge is -2.19. The number of nitrogens with zero attached hydrogens (tertiary/aromatic N) is 2. The van der Waals surface area contributed by atoms with E-state index in [1.165, 1.54) is 32.2 Å². The van der Waals surface area contributed by atoms with Crippen molar-refractivity contribution in [2.75, 3.05) is 19.8 Å². The summed E-state index contributed by atoms with van der Waals surface area (Å²) in [5.41, 5.74) is 0. The predicted octanol–water partition coefficient (Wildman–Crippen LogP) is 3.42. The zero-order valence-electron chi connectivity index (χ0n) is 9.69.